The molecule has 0 saturated carbocycles. The molecule has 2 heterocycles. The van der Waals surface area contributed by atoms with Gasteiger partial charge in [-0.05, 0) is 48.0 Å². The summed E-state index contributed by atoms with van der Waals surface area (Å²) in [6.45, 7) is 2.09. The maximum absolute atomic E-state index is 13.8. The van der Waals surface area contributed by atoms with E-state index in [1.807, 2.05) is 54.6 Å². The molecule has 0 radical (unpaired) electrons. The Kier molecular flexibility index (Phi) is 7.78. The highest BCUT2D eigenvalue weighted by molar-refractivity contribution is 7.89. The van der Waals surface area contributed by atoms with Gasteiger partial charge in [-0.2, -0.15) is 17.5 Å². The maximum Gasteiger partial charge on any atom is 0.416 e. The Labute approximate surface area is 231 Å². The number of methoxy groups -OCH3 is 1. The lowest BCUT2D eigenvalue weighted by atomic mass is 9.88. The Morgan fingerprint density at radius 1 is 0.875 bits per heavy atom. The molecule has 7 nitrogen and oxygen atoms in total. The Morgan fingerprint density at radius 3 is 2.17 bits per heavy atom. The fraction of sp³-hybridized carbons (Fsp3) is 0.345. The summed E-state index contributed by atoms with van der Waals surface area (Å²) in [4.78, 5) is 17.3. The minimum absolute atomic E-state index is 0.00477. The number of benzene rings is 3. The van der Waals surface area contributed by atoms with Gasteiger partial charge in [0.2, 0.25) is 15.9 Å². The zero-order chi connectivity index (χ0) is 28.5. The number of nitrogens with zero attached hydrogens (tertiary/aromatic N) is 3. The van der Waals surface area contributed by atoms with Crippen LogP contribution in [0.15, 0.2) is 83.8 Å². The molecule has 0 N–H and O–H groups in total. The molecule has 5 rings (SSSR count). The van der Waals surface area contributed by atoms with Crippen molar-refractivity contribution >= 4 is 21.6 Å². The summed E-state index contributed by atoms with van der Waals surface area (Å²) >= 11 is 0. The first-order valence-corrected chi connectivity index (χ1v) is 14.4. The molecule has 11 heteroatoms. The van der Waals surface area contributed by atoms with Gasteiger partial charge < -0.3 is 14.5 Å². The van der Waals surface area contributed by atoms with Crippen molar-refractivity contribution < 1.29 is 31.1 Å². The number of alkyl halides is 3. The number of carbonyl (C=O) groups excluding carboxylic acids is 1. The number of amides is 1. The summed E-state index contributed by atoms with van der Waals surface area (Å²) in [5, 5.41) is 0. The molecular weight excluding hydrogens is 543 g/mol. The third-order valence-corrected chi connectivity index (χ3v) is 9.49. The highest BCUT2D eigenvalue weighted by Gasteiger charge is 2.45. The Morgan fingerprint density at radius 2 is 1.55 bits per heavy atom. The van der Waals surface area contributed by atoms with Crippen molar-refractivity contribution in [2.45, 2.75) is 17.0 Å². The van der Waals surface area contributed by atoms with E-state index < -0.39 is 38.5 Å². The van der Waals surface area contributed by atoms with Crippen molar-refractivity contribution in [2.75, 3.05) is 51.3 Å². The van der Waals surface area contributed by atoms with Crippen LogP contribution in [0.5, 0.6) is 5.75 Å². The number of sulfonamides is 1. The second-order valence-electron chi connectivity index (χ2n) is 9.98. The number of halogens is 3. The van der Waals surface area contributed by atoms with Gasteiger partial charge in [-0.3, -0.25) is 4.79 Å². The van der Waals surface area contributed by atoms with Crippen LogP contribution in [0.25, 0.3) is 0 Å². The predicted octanol–water partition coefficient (Wildman–Crippen LogP) is 4.47. The van der Waals surface area contributed by atoms with E-state index in [1.54, 1.807) is 12.0 Å². The van der Waals surface area contributed by atoms with Crippen LogP contribution in [0, 0.1) is 5.92 Å². The van der Waals surface area contributed by atoms with Crippen LogP contribution < -0.4 is 9.64 Å². The van der Waals surface area contributed by atoms with Gasteiger partial charge in [0.1, 0.15) is 5.75 Å². The molecule has 3 aromatic carbocycles. The third-order valence-electron chi connectivity index (χ3n) is 7.66. The quantitative estimate of drug-likeness (QED) is 0.436. The van der Waals surface area contributed by atoms with Gasteiger partial charge in [0.15, 0.2) is 0 Å². The zero-order valence-corrected chi connectivity index (χ0v) is 22.7. The smallest absolute Gasteiger partial charge is 0.416 e. The van der Waals surface area contributed by atoms with Gasteiger partial charge in [-0.25, -0.2) is 8.42 Å². The second-order valence-corrected chi connectivity index (χ2v) is 11.9. The second kappa shape index (κ2) is 11.1. The van der Waals surface area contributed by atoms with Crippen LogP contribution >= 0.6 is 0 Å². The van der Waals surface area contributed by atoms with Crippen LogP contribution in [0.3, 0.4) is 0 Å². The minimum atomic E-state index is -4.67. The van der Waals surface area contributed by atoms with E-state index in [0.717, 1.165) is 39.5 Å². The maximum atomic E-state index is 13.8. The molecule has 2 saturated heterocycles. The van der Waals surface area contributed by atoms with Gasteiger partial charge in [-0.1, -0.05) is 36.4 Å². The molecule has 0 aliphatic carbocycles. The molecule has 2 atom stereocenters. The molecule has 2 aliphatic heterocycles. The fourth-order valence-electron chi connectivity index (χ4n) is 5.45. The van der Waals surface area contributed by atoms with E-state index in [9.17, 15) is 26.4 Å². The Hall–Kier alpha value is -3.57. The van der Waals surface area contributed by atoms with Crippen molar-refractivity contribution in [2.24, 2.45) is 5.92 Å². The summed E-state index contributed by atoms with van der Waals surface area (Å²) < 4.78 is 73.2. The van der Waals surface area contributed by atoms with Crippen LogP contribution in [-0.2, 0) is 21.0 Å². The first-order chi connectivity index (χ1) is 19.1. The molecule has 3 aromatic rings. The van der Waals surface area contributed by atoms with Crippen molar-refractivity contribution in [1.29, 1.82) is 0 Å². The van der Waals surface area contributed by atoms with Gasteiger partial charge in [0.05, 0.1) is 23.5 Å². The summed E-state index contributed by atoms with van der Waals surface area (Å²) in [6.07, 6.45) is -4.67. The Bertz CT molecular complexity index is 1440. The van der Waals surface area contributed by atoms with Crippen LogP contribution in [0.4, 0.5) is 18.9 Å². The van der Waals surface area contributed by atoms with E-state index >= 15 is 0 Å². The molecule has 0 bridgehead atoms. The number of hydrogen-bond acceptors (Lipinski definition) is 5. The third kappa shape index (κ3) is 5.66. The molecule has 40 heavy (non-hydrogen) atoms. The SMILES string of the molecule is COc1ccc(N2CCN(C(=O)C3CN(S(=O)(=O)c4cccc(C(F)(F)F)c4)CC3c3ccccc3)CC2)cc1. The van der Waals surface area contributed by atoms with Gasteiger partial charge in [0, 0.05) is 50.9 Å². The van der Waals surface area contributed by atoms with Crippen molar-refractivity contribution in [3.63, 3.8) is 0 Å². The topological polar surface area (TPSA) is 70.2 Å². The monoisotopic (exact) mass is 573 g/mol. The Balaban J connectivity index is 1.35. The lowest BCUT2D eigenvalue weighted by Crippen LogP contribution is -2.51. The van der Waals surface area contributed by atoms with E-state index in [2.05, 4.69) is 4.90 Å². The lowest BCUT2D eigenvalue weighted by molar-refractivity contribution is -0.138. The fourth-order valence-corrected chi connectivity index (χ4v) is 6.99. The summed E-state index contributed by atoms with van der Waals surface area (Å²) in [5.74, 6) is -0.468. The van der Waals surface area contributed by atoms with E-state index in [1.165, 1.54) is 0 Å². The van der Waals surface area contributed by atoms with Crippen LogP contribution in [0.1, 0.15) is 17.0 Å². The number of hydrogen-bond donors (Lipinski definition) is 0. The zero-order valence-electron chi connectivity index (χ0n) is 21.9. The first-order valence-electron chi connectivity index (χ1n) is 13.0. The molecule has 0 aromatic heterocycles. The summed E-state index contributed by atoms with van der Waals surface area (Å²) in [7, 11) is -2.66. The normalized spacial score (nSPS) is 20.5. The predicted molar refractivity (Wildman–Crippen MR) is 145 cm³/mol. The number of ether oxygens (including phenoxy) is 1. The molecule has 2 aliphatic rings. The van der Waals surface area contributed by atoms with Crippen molar-refractivity contribution in [3.05, 3.63) is 90.0 Å². The van der Waals surface area contributed by atoms with E-state index in [0.29, 0.717) is 32.2 Å². The molecule has 2 unspecified atom stereocenters. The standard InChI is InChI=1S/C29H30F3N3O4S/c1-39-24-12-10-23(11-13-24)33-14-16-34(17-15-33)28(36)27-20-35(19-26(27)21-6-3-2-4-7-21)40(37,38)25-9-5-8-22(18-25)29(30,31)32/h2-13,18,26-27H,14-17,19-20H2,1H3. The molecule has 1 amide bonds. The molecule has 2 fully saturated rings. The summed E-state index contributed by atoms with van der Waals surface area (Å²) in [5.41, 5.74) is 0.809. The largest absolute Gasteiger partial charge is 0.497 e. The van der Waals surface area contributed by atoms with Crippen molar-refractivity contribution in [3.8, 4) is 5.75 Å². The van der Waals surface area contributed by atoms with Gasteiger partial charge in [0.25, 0.3) is 0 Å². The average molecular weight is 574 g/mol. The molecule has 0 spiro atoms. The minimum Gasteiger partial charge on any atom is -0.497 e. The first kappa shape index (κ1) is 28.0. The summed E-state index contributed by atoms with van der Waals surface area (Å²) in [6, 6.07) is 20.7. The van der Waals surface area contributed by atoms with E-state index in [4.69, 9.17) is 4.74 Å². The molecular formula is C29H30F3N3O4S. The number of piperazine rings is 1. The number of carbonyl (C=O) groups is 1. The highest BCUT2D eigenvalue weighted by atomic mass is 32.2. The van der Waals surface area contributed by atoms with Crippen molar-refractivity contribution in [1.82, 2.24) is 9.21 Å². The average Bonchev–Trinajstić information content (AvgIpc) is 3.44. The molecule has 212 valence electrons. The van der Waals surface area contributed by atoms with Gasteiger partial charge >= 0.3 is 6.18 Å². The number of rotatable bonds is 6. The van der Waals surface area contributed by atoms with Crippen LogP contribution in [-0.4, -0.2) is 69.9 Å². The van der Waals surface area contributed by atoms with E-state index in [-0.39, 0.29) is 19.0 Å². The van der Waals surface area contributed by atoms with Crippen LogP contribution in [0.2, 0.25) is 0 Å². The highest BCUT2D eigenvalue weighted by Crippen LogP contribution is 2.38. The lowest BCUT2D eigenvalue weighted by Gasteiger charge is -2.38. The number of anilines is 1. The van der Waals surface area contributed by atoms with Gasteiger partial charge in [-0.15, -0.1) is 0 Å².